The number of carbonyl (C=O) groups excluding carboxylic acids is 1. The SMILES string of the molecule is O=C(CCN1CCC(c2ccnnc2)CC1)Nc1ccccc1. The van der Waals surface area contributed by atoms with E-state index in [1.165, 1.54) is 5.56 Å². The molecule has 0 saturated carbocycles. The van der Waals surface area contributed by atoms with Crippen LogP contribution in [0.5, 0.6) is 0 Å². The van der Waals surface area contributed by atoms with Gasteiger partial charge in [0, 0.05) is 24.8 Å². The second-order valence-electron chi connectivity index (χ2n) is 5.96. The molecule has 2 heterocycles. The van der Waals surface area contributed by atoms with Crippen LogP contribution in [0.25, 0.3) is 0 Å². The van der Waals surface area contributed by atoms with Gasteiger partial charge in [-0.1, -0.05) is 18.2 Å². The summed E-state index contributed by atoms with van der Waals surface area (Å²) >= 11 is 0. The third kappa shape index (κ3) is 4.60. The van der Waals surface area contributed by atoms with Gasteiger partial charge in [-0.2, -0.15) is 10.2 Å². The summed E-state index contributed by atoms with van der Waals surface area (Å²) in [6, 6.07) is 11.7. The lowest BCUT2D eigenvalue weighted by molar-refractivity contribution is -0.116. The van der Waals surface area contributed by atoms with E-state index in [0.717, 1.165) is 38.2 Å². The second kappa shape index (κ2) is 7.83. The number of benzene rings is 1. The molecule has 1 aliphatic heterocycles. The van der Waals surface area contributed by atoms with E-state index in [2.05, 4.69) is 26.5 Å². The maximum atomic E-state index is 12.0. The molecule has 23 heavy (non-hydrogen) atoms. The fourth-order valence-electron chi connectivity index (χ4n) is 3.04. The second-order valence-corrected chi connectivity index (χ2v) is 5.96. The molecule has 1 aromatic carbocycles. The van der Waals surface area contributed by atoms with Crippen LogP contribution in [-0.4, -0.2) is 40.6 Å². The summed E-state index contributed by atoms with van der Waals surface area (Å²) < 4.78 is 0. The van der Waals surface area contributed by atoms with Crippen LogP contribution >= 0.6 is 0 Å². The molecule has 1 amide bonds. The number of hydrogen-bond donors (Lipinski definition) is 1. The molecule has 0 aliphatic carbocycles. The third-order valence-electron chi connectivity index (χ3n) is 4.38. The van der Waals surface area contributed by atoms with Crippen LogP contribution in [0.15, 0.2) is 48.8 Å². The van der Waals surface area contributed by atoms with Crippen LogP contribution in [0.2, 0.25) is 0 Å². The summed E-state index contributed by atoms with van der Waals surface area (Å²) in [5, 5.41) is 10.7. The predicted octanol–water partition coefficient (Wildman–Crippen LogP) is 2.68. The molecule has 3 rings (SSSR count). The van der Waals surface area contributed by atoms with Gasteiger partial charge in [0.25, 0.3) is 0 Å². The smallest absolute Gasteiger partial charge is 0.225 e. The van der Waals surface area contributed by atoms with Crippen molar-refractivity contribution < 1.29 is 4.79 Å². The molecule has 2 aromatic rings. The van der Waals surface area contributed by atoms with Crippen LogP contribution in [-0.2, 0) is 4.79 Å². The number of aromatic nitrogens is 2. The van der Waals surface area contributed by atoms with Crippen LogP contribution in [0.4, 0.5) is 5.69 Å². The van der Waals surface area contributed by atoms with E-state index in [9.17, 15) is 4.79 Å². The highest BCUT2D eigenvalue weighted by Crippen LogP contribution is 2.27. The van der Waals surface area contributed by atoms with Crippen molar-refractivity contribution in [1.82, 2.24) is 15.1 Å². The van der Waals surface area contributed by atoms with Crippen molar-refractivity contribution in [3.63, 3.8) is 0 Å². The van der Waals surface area contributed by atoms with Crippen molar-refractivity contribution in [2.24, 2.45) is 0 Å². The van der Waals surface area contributed by atoms with E-state index < -0.39 is 0 Å². The van der Waals surface area contributed by atoms with Gasteiger partial charge >= 0.3 is 0 Å². The van der Waals surface area contributed by atoms with E-state index in [1.807, 2.05) is 36.5 Å². The van der Waals surface area contributed by atoms with Crippen molar-refractivity contribution >= 4 is 11.6 Å². The highest BCUT2D eigenvalue weighted by atomic mass is 16.1. The number of amides is 1. The fraction of sp³-hybridized carbons (Fsp3) is 0.389. The molecule has 1 aromatic heterocycles. The number of hydrogen-bond acceptors (Lipinski definition) is 4. The first kappa shape index (κ1) is 15.6. The Kier molecular flexibility index (Phi) is 5.32. The van der Waals surface area contributed by atoms with E-state index >= 15 is 0 Å². The number of likely N-dealkylation sites (tertiary alicyclic amines) is 1. The van der Waals surface area contributed by atoms with Crippen molar-refractivity contribution in [1.29, 1.82) is 0 Å². The Morgan fingerprint density at radius 3 is 2.61 bits per heavy atom. The van der Waals surface area contributed by atoms with E-state index in [0.29, 0.717) is 12.3 Å². The number of rotatable bonds is 5. The van der Waals surface area contributed by atoms with E-state index in [1.54, 1.807) is 6.20 Å². The lowest BCUT2D eigenvalue weighted by Crippen LogP contribution is -2.35. The summed E-state index contributed by atoms with van der Waals surface area (Å²) in [7, 11) is 0. The van der Waals surface area contributed by atoms with Gasteiger partial charge in [0.2, 0.25) is 5.91 Å². The summed E-state index contributed by atoms with van der Waals surface area (Å²) in [6.45, 7) is 2.89. The first-order valence-corrected chi connectivity index (χ1v) is 8.15. The van der Waals surface area contributed by atoms with Gasteiger partial charge in [0.05, 0.1) is 6.20 Å². The lowest BCUT2D eigenvalue weighted by Gasteiger charge is -2.31. The zero-order valence-corrected chi connectivity index (χ0v) is 13.2. The highest BCUT2D eigenvalue weighted by molar-refractivity contribution is 5.90. The summed E-state index contributed by atoms with van der Waals surface area (Å²) in [6.07, 6.45) is 6.40. The monoisotopic (exact) mass is 310 g/mol. The first-order valence-electron chi connectivity index (χ1n) is 8.15. The summed E-state index contributed by atoms with van der Waals surface area (Å²) in [4.78, 5) is 14.4. The number of nitrogens with one attached hydrogen (secondary N) is 1. The predicted molar refractivity (Wildman–Crippen MR) is 90.1 cm³/mol. The molecule has 120 valence electrons. The Bertz CT molecular complexity index is 609. The van der Waals surface area contributed by atoms with Gasteiger partial charge in [-0.15, -0.1) is 0 Å². The Morgan fingerprint density at radius 2 is 1.91 bits per heavy atom. The zero-order chi connectivity index (χ0) is 15.9. The van der Waals surface area contributed by atoms with Gasteiger partial charge in [-0.3, -0.25) is 4.79 Å². The number of carbonyl (C=O) groups is 1. The maximum absolute atomic E-state index is 12.0. The van der Waals surface area contributed by atoms with Crippen LogP contribution in [0.3, 0.4) is 0 Å². The van der Waals surface area contributed by atoms with Gasteiger partial charge in [0.1, 0.15) is 0 Å². The van der Waals surface area contributed by atoms with Crippen molar-refractivity contribution in [3.05, 3.63) is 54.4 Å². The molecular weight excluding hydrogens is 288 g/mol. The highest BCUT2D eigenvalue weighted by Gasteiger charge is 2.21. The van der Waals surface area contributed by atoms with Crippen molar-refractivity contribution in [2.45, 2.75) is 25.2 Å². The molecule has 0 spiro atoms. The van der Waals surface area contributed by atoms with Crippen LogP contribution in [0, 0.1) is 0 Å². The van der Waals surface area contributed by atoms with Crippen LogP contribution in [0.1, 0.15) is 30.7 Å². The third-order valence-corrected chi connectivity index (χ3v) is 4.38. The number of anilines is 1. The molecule has 1 fully saturated rings. The number of nitrogens with zero attached hydrogens (tertiary/aromatic N) is 3. The Morgan fingerprint density at radius 1 is 1.13 bits per heavy atom. The molecule has 1 N–H and O–H groups in total. The quantitative estimate of drug-likeness (QED) is 0.922. The van der Waals surface area contributed by atoms with Gasteiger partial charge in [0.15, 0.2) is 0 Å². The summed E-state index contributed by atoms with van der Waals surface area (Å²) in [5.41, 5.74) is 2.14. The zero-order valence-electron chi connectivity index (χ0n) is 13.2. The molecule has 1 saturated heterocycles. The van der Waals surface area contributed by atoms with Crippen molar-refractivity contribution in [2.75, 3.05) is 25.0 Å². The van der Waals surface area contributed by atoms with E-state index in [4.69, 9.17) is 0 Å². The van der Waals surface area contributed by atoms with Crippen molar-refractivity contribution in [3.8, 4) is 0 Å². The first-order chi connectivity index (χ1) is 11.3. The molecule has 1 aliphatic rings. The maximum Gasteiger partial charge on any atom is 0.225 e. The van der Waals surface area contributed by atoms with Crippen LogP contribution < -0.4 is 5.32 Å². The lowest BCUT2D eigenvalue weighted by atomic mass is 9.91. The Labute approximate surface area is 136 Å². The molecule has 5 heteroatoms. The Balaban J connectivity index is 1.40. The molecule has 5 nitrogen and oxygen atoms in total. The van der Waals surface area contributed by atoms with Gasteiger partial charge < -0.3 is 10.2 Å². The fourth-order valence-corrected chi connectivity index (χ4v) is 3.04. The number of piperidine rings is 1. The Hall–Kier alpha value is -2.27. The molecule has 0 bridgehead atoms. The minimum Gasteiger partial charge on any atom is -0.326 e. The van der Waals surface area contributed by atoms with Gasteiger partial charge in [-0.05, 0) is 55.6 Å². The molecular formula is C18H22N4O. The van der Waals surface area contributed by atoms with E-state index in [-0.39, 0.29) is 5.91 Å². The normalized spacial score (nSPS) is 16.2. The average molecular weight is 310 g/mol. The van der Waals surface area contributed by atoms with Gasteiger partial charge in [-0.25, -0.2) is 0 Å². The molecule has 0 radical (unpaired) electrons. The molecule has 0 unspecified atom stereocenters. The summed E-state index contributed by atoms with van der Waals surface area (Å²) in [5.74, 6) is 0.650. The average Bonchev–Trinajstić information content (AvgIpc) is 2.62. The number of para-hydroxylation sites is 1. The molecule has 0 atom stereocenters. The minimum atomic E-state index is 0.0802. The standard InChI is InChI=1S/C18H22N4O/c23-18(21-17-4-2-1-3-5-17)9-13-22-11-7-15(8-12-22)16-6-10-19-20-14-16/h1-6,10,14-15H,7-9,11-13H2,(H,21,23). The minimum absolute atomic E-state index is 0.0802. The topological polar surface area (TPSA) is 58.1 Å². The largest absolute Gasteiger partial charge is 0.326 e.